The minimum Gasteiger partial charge on any atom is -0.378 e. The highest BCUT2D eigenvalue weighted by atomic mass is 35.5. The van der Waals surface area contributed by atoms with Crippen LogP contribution in [0.1, 0.15) is 5.56 Å². The number of anilines is 1. The lowest BCUT2D eigenvalue weighted by molar-refractivity contribution is -0.118. The maximum absolute atomic E-state index is 12.9. The molecule has 0 aliphatic carbocycles. The number of primary amides is 1. The molecule has 0 saturated carbocycles. The number of carbonyl (C=O) groups is 1. The van der Waals surface area contributed by atoms with Crippen LogP contribution in [0.3, 0.4) is 0 Å². The first-order valence-electron chi connectivity index (χ1n) is 5.53. The van der Waals surface area contributed by atoms with Crippen molar-refractivity contribution in [3.05, 3.63) is 47.0 Å². The molecule has 1 aromatic carbocycles. The Hall–Kier alpha value is -2.08. The van der Waals surface area contributed by atoms with Crippen LogP contribution in [-0.2, 0) is 17.9 Å². The average Bonchev–Trinajstić information content (AvgIpc) is 2.74. The van der Waals surface area contributed by atoms with E-state index in [0.29, 0.717) is 11.6 Å². The van der Waals surface area contributed by atoms with E-state index < -0.39 is 5.91 Å². The predicted octanol–water partition coefficient (Wildman–Crippen LogP) is 1.77. The molecule has 1 heterocycles. The molecule has 0 spiro atoms. The van der Waals surface area contributed by atoms with Crippen LogP contribution in [0.15, 0.2) is 30.6 Å². The average molecular weight is 283 g/mol. The SMILES string of the molecule is NC(=O)Cn1cc(NCc2ccc(F)cc2Cl)cn1. The van der Waals surface area contributed by atoms with Crippen molar-refractivity contribution in [2.45, 2.75) is 13.1 Å². The van der Waals surface area contributed by atoms with Gasteiger partial charge in [0.2, 0.25) is 5.91 Å². The largest absolute Gasteiger partial charge is 0.378 e. The van der Waals surface area contributed by atoms with E-state index in [4.69, 9.17) is 17.3 Å². The zero-order valence-electron chi connectivity index (χ0n) is 9.94. The number of hydrogen-bond donors (Lipinski definition) is 2. The number of carbonyl (C=O) groups excluding carboxylic acids is 1. The second-order valence-corrected chi connectivity index (χ2v) is 4.39. The van der Waals surface area contributed by atoms with Crippen molar-refractivity contribution in [3.8, 4) is 0 Å². The minimum atomic E-state index is -0.462. The molecule has 0 saturated heterocycles. The summed E-state index contributed by atoms with van der Waals surface area (Å²) >= 11 is 5.91. The van der Waals surface area contributed by atoms with Crippen LogP contribution >= 0.6 is 11.6 Å². The standard InChI is InChI=1S/C12H12ClFN4O/c13-11-3-9(14)2-1-8(11)4-16-10-5-17-18(6-10)7-12(15)19/h1-3,5-6,16H,4,7H2,(H2,15,19). The highest BCUT2D eigenvalue weighted by molar-refractivity contribution is 6.31. The first-order valence-corrected chi connectivity index (χ1v) is 5.91. The van der Waals surface area contributed by atoms with Crippen molar-refractivity contribution in [2.75, 3.05) is 5.32 Å². The number of nitrogens with zero attached hydrogens (tertiary/aromatic N) is 2. The van der Waals surface area contributed by atoms with Crippen LogP contribution in [0, 0.1) is 5.82 Å². The monoisotopic (exact) mass is 282 g/mol. The highest BCUT2D eigenvalue weighted by Gasteiger charge is 2.04. The summed E-state index contributed by atoms with van der Waals surface area (Å²) in [6.07, 6.45) is 3.22. The fourth-order valence-electron chi connectivity index (χ4n) is 1.56. The van der Waals surface area contributed by atoms with E-state index in [9.17, 15) is 9.18 Å². The molecule has 7 heteroatoms. The molecule has 5 nitrogen and oxygen atoms in total. The normalized spacial score (nSPS) is 10.4. The van der Waals surface area contributed by atoms with Crippen molar-refractivity contribution in [3.63, 3.8) is 0 Å². The summed E-state index contributed by atoms with van der Waals surface area (Å²) < 4.78 is 14.3. The van der Waals surface area contributed by atoms with E-state index >= 15 is 0 Å². The summed E-state index contributed by atoms with van der Waals surface area (Å²) in [7, 11) is 0. The quantitative estimate of drug-likeness (QED) is 0.878. The Morgan fingerprint density at radius 1 is 1.53 bits per heavy atom. The molecule has 2 rings (SSSR count). The number of hydrogen-bond acceptors (Lipinski definition) is 3. The van der Waals surface area contributed by atoms with Gasteiger partial charge in [-0.15, -0.1) is 0 Å². The van der Waals surface area contributed by atoms with Crippen molar-refractivity contribution < 1.29 is 9.18 Å². The Bertz CT molecular complexity index is 599. The summed E-state index contributed by atoms with van der Waals surface area (Å²) in [4.78, 5) is 10.7. The fourth-order valence-corrected chi connectivity index (χ4v) is 1.80. The van der Waals surface area contributed by atoms with Gasteiger partial charge in [-0.2, -0.15) is 5.10 Å². The maximum atomic E-state index is 12.9. The summed E-state index contributed by atoms with van der Waals surface area (Å²) in [5.41, 5.74) is 6.55. The van der Waals surface area contributed by atoms with Crippen molar-refractivity contribution >= 4 is 23.2 Å². The van der Waals surface area contributed by atoms with E-state index in [2.05, 4.69) is 10.4 Å². The Balaban J connectivity index is 1.98. The van der Waals surface area contributed by atoms with Crippen LogP contribution in [0.2, 0.25) is 5.02 Å². The molecule has 100 valence electrons. The third kappa shape index (κ3) is 3.69. The van der Waals surface area contributed by atoms with Crippen LogP contribution in [0.5, 0.6) is 0 Å². The summed E-state index contributed by atoms with van der Waals surface area (Å²) in [5, 5.41) is 7.40. The third-order valence-corrected chi connectivity index (χ3v) is 2.80. The highest BCUT2D eigenvalue weighted by Crippen LogP contribution is 2.18. The first-order chi connectivity index (χ1) is 9.04. The molecule has 19 heavy (non-hydrogen) atoms. The number of nitrogens with one attached hydrogen (secondary N) is 1. The lowest BCUT2D eigenvalue weighted by Crippen LogP contribution is -2.18. The first kappa shape index (κ1) is 13.4. The van der Waals surface area contributed by atoms with Crippen molar-refractivity contribution in [2.24, 2.45) is 5.73 Å². The molecule has 0 atom stereocenters. The lowest BCUT2D eigenvalue weighted by atomic mass is 10.2. The van der Waals surface area contributed by atoms with Gasteiger partial charge >= 0.3 is 0 Å². The molecule has 2 aromatic rings. The summed E-state index contributed by atoms with van der Waals surface area (Å²) in [6, 6.07) is 4.22. The molecule has 0 fully saturated rings. The van der Waals surface area contributed by atoms with E-state index in [0.717, 1.165) is 11.3 Å². The van der Waals surface area contributed by atoms with E-state index in [1.54, 1.807) is 18.5 Å². The van der Waals surface area contributed by atoms with Gasteiger partial charge in [-0.3, -0.25) is 9.48 Å². The van der Waals surface area contributed by atoms with Gasteiger partial charge in [0.25, 0.3) is 0 Å². The molecule has 0 unspecified atom stereocenters. The Labute approximate surface area is 114 Å². The summed E-state index contributed by atoms with van der Waals surface area (Å²) in [6.45, 7) is 0.459. The van der Waals surface area contributed by atoms with Crippen LogP contribution in [0.25, 0.3) is 0 Å². The van der Waals surface area contributed by atoms with Gasteiger partial charge in [-0.05, 0) is 17.7 Å². The molecule has 3 N–H and O–H groups in total. The van der Waals surface area contributed by atoms with E-state index in [-0.39, 0.29) is 12.4 Å². The second kappa shape index (κ2) is 5.71. The maximum Gasteiger partial charge on any atom is 0.239 e. The van der Waals surface area contributed by atoms with Gasteiger partial charge in [-0.1, -0.05) is 17.7 Å². The number of nitrogens with two attached hydrogens (primary N) is 1. The van der Waals surface area contributed by atoms with Gasteiger partial charge in [0, 0.05) is 17.8 Å². The molecule has 0 bridgehead atoms. The summed E-state index contributed by atoms with van der Waals surface area (Å²) in [5.74, 6) is -0.834. The lowest BCUT2D eigenvalue weighted by Gasteiger charge is -2.05. The van der Waals surface area contributed by atoms with Crippen molar-refractivity contribution in [1.29, 1.82) is 0 Å². The van der Waals surface area contributed by atoms with E-state index in [1.807, 2.05) is 0 Å². The van der Waals surface area contributed by atoms with Crippen LogP contribution in [-0.4, -0.2) is 15.7 Å². The van der Waals surface area contributed by atoms with Gasteiger partial charge in [-0.25, -0.2) is 4.39 Å². The third-order valence-electron chi connectivity index (χ3n) is 2.45. The van der Waals surface area contributed by atoms with Gasteiger partial charge < -0.3 is 11.1 Å². The number of benzene rings is 1. The number of amides is 1. The zero-order valence-corrected chi connectivity index (χ0v) is 10.7. The van der Waals surface area contributed by atoms with E-state index in [1.165, 1.54) is 16.8 Å². The number of rotatable bonds is 5. The van der Waals surface area contributed by atoms with Gasteiger partial charge in [0.05, 0.1) is 11.9 Å². The Morgan fingerprint density at radius 3 is 3.00 bits per heavy atom. The second-order valence-electron chi connectivity index (χ2n) is 3.98. The van der Waals surface area contributed by atoms with Crippen LogP contribution in [0.4, 0.5) is 10.1 Å². The predicted molar refractivity (Wildman–Crippen MR) is 70.2 cm³/mol. The number of aromatic nitrogens is 2. The molecule has 0 radical (unpaired) electrons. The molecule has 1 aromatic heterocycles. The fraction of sp³-hybridized carbons (Fsp3) is 0.167. The topological polar surface area (TPSA) is 72.9 Å². The smallest absolute Gasteiger partial charge is 0.239 e. The molecule has 0 aliphatic heterocycles. The molecular formula is C12H12ClFN4O. The minimum absolute atomic E-state index is 0.0268. The van der Waals surface area contributed by atoms with Crippen LogP contribution < -0.4 is 11.1 Å². The molecular weight excluding hydrogens is 271 g/mol. The van der Waals surface area contributed by atoms with Gasteiger partial charge in [0.1, 0.15) is 12.4 Å². The zero-order chi connectivity index (χ0) is 13.8. The molecule has 0 aliphatic rings. The van der Waals surface area contributed by atoms with Crippen molar-refractivity contribution in [1.82, 2.24) is 9.78 Å². The Morgan fingerprint density at radius 2 is 2.32 bits per heavy atom. The number of halogens is 2. The molecule has 1 amide bonds. The van der Waals surface area contributed by atoms with Gasteiger partial charge in [0.15, 0.2) is 0 Å². The Kier molecular flexibility index (Phi) is 4.01.